The largest absolute Gasteiger partial charge is 0.419 e. The van der Waals surface area contributed by atoms with Crippen molar-refractivity contribution in [2.75, 3.05) is 5.32 Å². The molecule has 2 aromatic rings. The molecule has 0 atom stereocenters. The summed E-state index contributed by atoms with van der Waals surface area (Å²) in [6.45, 7) is 0. The lowest BCUT2D eigenvalue weighted by molar-refractivity contribution is -0.139. The van der Waals surface area contributed by atoms with Crippen molar-refractivity contribution in [3.8, 4) is 0 Å². The van der Waals surface area contributed by atoms with Gasteiger partial charge in [0.2, 0.25) is 0 Å². The summed E-state index contributed by atoms with van der Waals surface area (Å²) in [7, 11) is 0. The summed E-state index contributed by atoms with van der Waals surface area (Å²) >= 11 is 0. The SMILES string of the molecule is O=C(Nc1cccc(C(F)(F)F)c1F)c1ccccc1. The zero-order valence-corrected chi connectivity index (χ0v) is 10.0. The molecule has 0 aromatic heterocycles. The topological polar surface area (TPSA) is 29.1 Å². The molecule has 2 aromatic carbocycles. The van der Waals surface area contributed by atoms with Crippen molar-refractivity contribution in [1.29, 1.82) is 0 Å². The first-order valence-corrected chi connectivity index (χ1v) is 5.61. The first-order chi connectivity index (χ1) is 9.39. The van der Waals surface area contributed by atoms with Gasteiger partial charge < -0.3 is 5.32 Å². The number of benzene rings is 2. The summed E-state index contributed by atoms with van der Waals surface area (Å²) in [6, 6.07) is 10.5. The first kappa shape index (κ1) is 14.0. The quantitative estimate of drug-likeness (QED) is 0.826. The molecule has 0 bridgehead atoms. The molecule has 0 unspecified atom stereocenters. The van der Waals surface area contributed by atoms with E-state index in [9.17, 15) is 22.4 Å². The third-order valence-electron chi connectivity index (χ3n) is 2.59. The maximum atomic E-state index is 13.7. The Bertz CT molecular complexity index is 623. The van der Waals surface area contributed by atoms with Gasteiger partial charge in [-0.25, -0.2) is 4.39 Å². The summed E-state index contributed by atoms with van der Waals surface area (Å²) < 4.78 is 51.3. The van der Waals surface area contributed by atoms with Crippen LogP contribution in [0.3, 0.4) is 0 Å². The maximum absolute atomic E-state index is 13.7. The van der Waals surface area contributed by atoms with Crippen LogP contribution in [0.15, 0.2) is 48.5 Å². The highest BCUT2D eigenvalue weighted by Gasteiger charge is 2.35. The summed E-state index contributed by atoms with van der Waals surface area (Å²) in [6.07, 6.45) is -4.81. The molecule has 1 N–H and O–H groups in total. The molecule has 1 amide bonds. The fourth-order valence-corrected chi connectivity index (χ4v) is 1.63. The predicted octanol–water partition coefficient (Wildman–Crippen LogP) is 4.10. The normalized spacial score (nSPS) is 11.2. The van der Waals surface area contributed by atoms with Crippen LogP contribution in [0.25, 0.3) is 0 Å². The van der Waals surface area contributed by atoms with Crippen molar-refractivity contribution in [3.05, 3.63) is 65.5 Å². The smallest absolute Gasteiger partial charge is 0.319 e. The van der Waals surface area contributed by atoms with Crippen LogP contribution in [0.4, 0.5) is 23.2 Å². The van der Waals surface area contributed by atoms with E-state index >= 15 is 0 Å². The van der Waals surface area contributed by atoms with Crippen LogP contribution in [0, 0.1) is 5.82 Å². The molecule has 104 valence electrons. The minimum atomic E-state index is -4.81. The van der Waals surface area contributed by atoms with E-state index in [1.165, 1.54) is 12.1 Å². The van der Waals surface area contributed by atoms with Crippen molar-refractivity contribution in [2.45, 2.75) is 6.18 Å². The second kappa shape index (κ2) is 5.32. The summed E-state index contributed by atoms with van der Waals surface area (Å²) in [4.78, 5) is 11.8. The Morgan fingerprint density at radius 3 is 2.20 bits per heavy atom. The highest BCUT2D eigenvalue weighted by Crippen LogP contribution is 2.33. The number of amides is 1. The van der Waals surface area contributed by atoms with Gasteiger partial charge in [0, 0.05) is 5.56 Å². The van der Waals surface area contributed by atoms with Crippen molar-refractivity contribution in [3.63, 3.8) is 0 Å². The molecule has 0 aliphatic carbocycles. The highest BCUT2D eigenvalue weighted by atomic mass is 19.4. The Morgan fingerprint density at radius 2 is 1.60 bits per heavy atom. The second-order valence-corrected chi connectivity index (χ2v) is 3.99. The van der Waals surface area contributed by atoms with E-state index in [1.54, 1.807) is 18.2 Å². The van der Waals surface area contributed by atoms with E-state index in [-0.39, 0.29) is 5.56 Å². The Labute approximate surface area is 112 Å². The predicted molar refractivity (Wildman–Crippen MR) is 65.8 cm³/mol. The van der Waals surface area contributed by atoms with E-state index < -0.39 is 29.2 Å². The lowest BCUT2D eigenvalue weighted by Crippen LogP contribution is -2.15. The number of alkyl halides is 3. The molecule has 0 aliphatic heterocycles. The standard InChI is InChI=1S/C14H9F4NO/c15-12-10(14(16,17)18)7-4-8-11(12)19-13(20)9-5-2-1-3-6-9/h1-8H,(H,19,20). The molecule has 0 saturated carbocycles. The van der Waals surface area contributed by atoms with E-state index in [0.29, 0.717) is 6.07 Å². The molecule has 0 aliphatic rings. The number of anilines is 1. The van der Waals surface area contributed by atoms with E-state index in [2.05, 4.69) is 5.32 Å². The molecule has 2 rings (SSSR count). The van der Waals surface area contributed by atoms with Crippen LogP contribution in [0.2, 0.25) is 0 Å². The Morgan fingerprint density at radius 1 is 0.950 bits per heavy atom. The summed E-state index contributed by atoms with van der Waals surface area (Å²) in [5, 5.41) is 2.13. The zero-order chi connectivity index (χ0) is 14.8. The van der Waals surface area contributed by atoms with Crippen LogP contribution in [0.1, 0.15) is 15.9 Å². The van der Waals surface area contributed by atoms with Crippen molar-refractivity contribution >= 4 is 11.6 Å². The summed E-state index contributed by atoms with van der Waals surface area (Å²) in [5.74, 6) is -2.17. The average Bonchev–Trinajstić information content (AvgIpc) is 2.40. The molecule has 6 heteroatoms. The molecular weight excluding hydrogens is 274 g/mol. The fourth-order valence-electron chi connectivity index (χ4n) is 1.63. The van der Waals surface area contributed by atoms with E-state index in [0.717, 1.165) is 12.1 Å². The first-order valence-electron chi connectivity index (χ1n) is 5.61. The molecular formula is C14H9F4NO. The number of hydrogen-bond acceptors (Lipinski definition) is 1. The van der Waals surface area contributed by atoms with Crippen molar-refractivity contribution in [2.24, 2.45) is 0 Å². The maximum Gasteiger partial charge on any atom is 0.419 e. The third-order valence-corrected chi connectivity index (χ3v) is 2.59. The molecule has 2 nitrogen and oxygen atoms in total. The lowest BCUT2D eigenvalue weighted by Gasteiger charge is -2.12. The van der Waals surface area contributed by atoms with Crippen LogP contribution < -0.4 is 5.32 Å². The number of carbonyl (C=O) groups excluding carboxylic acids is 1. The second-order valence-electron chi connectivity index (χ2n) is 3.99. The van der Waals surface area contributed by atoms with Gasteiger partial charge in [-0.05, 0) is 24.3 Å². The van der Waals surface area contributed by atoms with Gasteiger partial charge >= 0.3 is 6.18 Å². The Balaban J connectivity index is 2.29. The van der Waals surface area contributed by atoms with Gasteiger partial charge in [0.15, 0.2) is 5.82 Å². The van der Waals surface area contributed by atoms with Crippen LogP contribution in [0.5, 0.6) is 0 Å². The van der Waals surface area contributed by atoms with Gasteiger partial charge in [-0.15, -0.1) is 0 Å². The zero-order valence-electron chi connectivity index (χ0n) is 10.0. The number of carbonyl (C=O) groups is 1. The fraction of sp³-hybridized carbons (Fsp3) is 0.0714. The number of halogens is 4. The van der Waals surface area contributed by atoms with E-state index in [1.807, 2.05) is 0 Å². The number of hydrogen-bond donors (Lipinski definition) is 1. The van der Waals surface area contributed by atoms with Crippen molar-refractivity contribution in [1.82, 2.24) is 0 Å². The monoisotopic (exact) mass is 283 g/mol. The van der Waals surface area contributed by atoms with Gasteiger partial charge in [0.05, 0.1) is 11.3 Å². The van der Waals surface area contributed by atoms with Gasteiger partial charge in [-0.3, -0.25) is 4.79 Å². The Kier molecular flexibility index (Phi) is 3.74. The minimum Gasteiger partial charge on any atom is -0.319 e. The molecule has 0 fully saturated rings. The Hall–Kier alpha value is -2.37. The summed E-state index contributed by atoms with van der Waals surface area (Å²) in [5.41, 5.74) is -1.69. The number of rotatable bonds is 2. The van der Waals surface area contributed by atoms with Crippen LogP contribution in [-0.4, -0.2) is 5.91 Å². The molecule has 20 heavy (non-hydrogen) atoms. The minimum absolute atomic E-state index is 0.226. The van der Waals surface area contributed by atoms with Gasteiger partial charge in [-0.2, -0.15) is 13.2 Å². The van der Waals surface area contributed by atoms with Gasteiger partial charge in [0.1, 0.15) is 0 Å². The van der Waals surface area contributed by atoms with Crippen molar-refractivity contribution < 1.29 is 22.4 Å². The third kappa shape index (κ3) is 2.96. The number of nitrogens with one attached hydrogen (secondary N) is 1. The lowest BCUT2D eigenvalue weighted by atomic mass is 10.1. The molecule has 0 radical (unpaired) electrons. The van der Waals surface area contributed by atoms with Crippen LogP contribution in [-0.2, 0) is 6.18 Å². The molecule has 0 heterocycles. The van der Waals surface area contributed by atoms with Gasteiger partial charge in [0.25, 0.3) is 5.91 Å². The van der Waals surface area contributed by atoms with Gasteiger partial charge in [-0.1, -0.05) is 24.3 Å². The average molecular weight is 283 g/mol. The molecule has 0 saturated heterocycles. The van der Waals surface area contributed by atoms with E-state index in [4.69, 9.17) is 0 Å². The highest BCUT2D eigenvalue weighted by molar-refractivity contribution is 6.04. The molecule has 0 spiro atoms. The van der Waals surface area contributed by atoms with Crippen LogP contribution >= 0.6 is 0 Å².